The zero-order chi connectivity index (χ0) is 19.0. The van der Waals surface area contributed by atoms with Crippen LogP contribution in [0.5, 0.6) is 0 Å². The predicted octanol–water partition coefficient (Wildman–Crippen LogP) is 1.60. The van der Waals surface area contributed by atoms with Crippen molar-refractivity contribution in [3.05, 3.63) is 48.0 Å². The average molecular weight is 404 g/mol. The van der Waals surface area contributed by atoms with E-state index in [1.54, 1.807) is 19.1 Å². The van der Waals surface area contributed by atoms with Crippen molar-refractivity contribution in [2.24, 2.45) is 0 Å². The second kappa shape index (κ2) is 6.43. The Hall–Kier alpha value is -1.91. The molecule has 0 aliphatic heterocycles. The summed E-state index contributed by atoms with van der Waals surface area (Å²) in [5, 5.41) is 0. The molecule has 0 fully saturated rings. The van der Waals surface area contributed by atoms with E-state index in [2.05, 4.69) is 4.72 Å². The number of sulfonamides is 1. The van der Waals surface area contributed by atoms with E-state index in [-0.39, 0.29) is 20.4 Å². The molecule has 1 N–H and O–H groups in total. The normalized spacial score (nSPS) is 12.8. The molecule has 0 amide bonds. The molecule has 2 aromatic rings. The quantitative estimate of drug-likeness (QED) is 0.811. The molecule has 0 aromatic heterocycles. The van der Waals surface area contributed by atoms with Crippen molar-refractivity contribution in [2.75, 3.05) is 17.2 Å². The van der Waals surface area contributed by atoms with E-state index in [0.717, 1.165) is 36.3 Å². The summed E-state index contributed by atoms with van der Waals surface area (Å²) >= 11 is 0. The molecule has 2 aromatic carbocycles. The molecule has 0 saturated heterocycles. The fraction of sp³-hybridized carbons (Fsp3) is 0.200. The number of sulfone groups is 2. The van der Waals surface area contributed by atoms with Gasteiger partial charge in [-0.3, -0.25) is 4.72 Å². The molecule has 136 valence electrons. The molecule has 0 spiro atoms. The molecule has 0 unspecified atom stereocenters. The summed E-state index contributed by atoms with van der Waals surface area (Å²) in [7, 11) is -11.5. The van der Waals surface area contributed by atoms with Crippen molar-refractivity contribution in [1.82, 2.24) is 0 Å². The van der Waals surface area contributed by atoms with Crippen LogP contribution in [0, 0.1) is 6.92 Å². The molecule has 7 nitrogen and oxygen atoms in total. The van der Waals surface area contributed by atoms with E-state index in [9.17, 15) is 25.3 Å². The Morgan fingerprint density at radius 3 is 1.52 bits per heavy atom. The van der Waals surface area contributed by atoms with Crippen LogP contribution >= 0.6 is 0 Å². The summed E-state index contributed by atoms with van der Waals surface area (Å²) in [6.45, 7) is 1.80. The van der Waals surface area contributed by atoms with Gasteiger partial charge in [-0.1, -0.05) is 17.7 Å². The zero-order valence-corrected chi connectivity index (χ0v) is 16.2. The first-order valence-electron chi connectivity index (χ1n) is 6.94. The van der Waals surface area contributed by atoms with Crippen molar-refractivity contribution < 1.29 is 25.3 Å². The predicted molar refractivity (Wildman–Crippen MR) is 94.6 cm³/mol. The first-order valence-corrected chi connectivity index (χ1v) is 12.2. The van der Waals surface area contributed by atoms with Crippen molar-refractivity contribution >= 4 is 35.4 Å². The zero-order valence-electron chi connectivity index (χ0n) is 13.7. The van der Waals surface area contributed by atoms with Gasteiger partial charge in [-0.05, 0) is 37.3 Å². The van der Waals surface area contributed by atoms with Gasteiger partial charge in [0.1, 0.15) is 0 Å². The Balaban J connectivity index is 2.57. The average Bonchev–Trinajstić information content (AvgIpc) is 2.45. The maximum absolute atomic E-state index is 12.4. The molecule has 0 atom stereocenters. The fourth-order valence-electron chi connectivity index (χ4n) is 1.99. The minimum atomic E-state index is -3.99. The standard InChI is InChI=1S/C15H17NO6S3/c1-11-4-6-13(7-5-11)25(21,22)16-12-8-14(23(2,17)18)10-15(9-12)24(3,19)20/h4-10,16H,1-3H3. The van der Waals surface area contributed by atoms with Gasteiger partial charge in [-0.25, -0.2) is 25.3 Å². The van der Waals surface area contributed by atoms with Crippen LogP contribution in [0.1, 0.15) is 5.56 Å². The van der Waals surface area contributed by atoms with Gasteiger partial charge in [0, 0.05) is 12.5 Å². The Kier molecular flexibility index (Phi) is 4.99. The lowest BCUT2D eigenvalue weighted by atomic mass is 10.2. The highest BCUT2D eigenvalue weighted by atomic mass is 32.2. The van der Waals surface area contributed by atoms with Crippen LogP contribution in [0.2, 0.25) is 0 Å². The van der Waals surface area contributed by atoms with Gasteiger partial charge in [-0.15, -0.1) is 0 Å². The summed E-state index contributed by atoms with van der Waals surface area (Å²) in [5.74, 6) is 0. The Morgan fingerprint density at radius 1 is 0.680 bits per heavy atom. The summed E-state index contributed by atoms with van der Waals surface area (Å²) in [6.07, 6.45) is 1.82. The summed E-state index contributed by atoms with van der Waals surface area (Å²) in [6, 6.07) is 9.18. The van der Waals surface area contributed by atoms with Crippen molar-refractivity contribution in [3.8, 4) is 0 Å². The molecule has 0 saturated carbocycles. The lowest BCUT2D eigenvalue weighted by molar-refractivity contribution is 0.597. The molecule has 0 bridgehead atoms. The summed E-state index contributed by atoms with van der Waals surface area (Å²) < 4.78 is 74.1. The first kappa shape index (κ1) is 19.4. The molecular formula is C15H17NO6S3. The molecule has 0 radical (unpaired) electrons. The topological polar surface area (TPSA) is 114 Å². The number of benzene rings is 2. The van der Waals surface area contributed by atoms with Crippen molar-refractivity contribution in [2.45, 2.75) is 21.6 Å². The van der Waals surface area contributed by atoms with Crippen LogP contribution < -0.4 is 4.72 Å². The third-order valence-electron chi connectivity index (χ3n) is 3.32. The van der Waals surface area contributed by atoms with Gasteiger partial charge in [0.05, 0.1) is 20.4 Å². The highest BCUT2D eigenvalue weighted by molar-refractivity contribution is 7.93. The maximum Gasteiger partial charge on any atom is 0.261 e. The number of hydrogen-bond acceptors (Lipinski definition) is 6. The van der Waals surface area contributed by atoms with Crippen LogP contribution in [0.3, 0.4) is 0 Å². The van der Waals surface area contributed by atoms with Gasteiger partial charge in [0.15, 0.2) is 19.7 Å². The lowest BCUT2D eigenvalue weighted by Gasteiger charge is -2.11. The molecular weight excluding hydrogens is 386 g/mol. The molecule has 10 heteroatoms. The van der Waals surface area contributed by atoms with E-state index >= 15 is 0 Å². The SMILES string of the molecule is Cc1ccc(S(=O)(=O)Nc2cc(S(C)(=O)=O)cc(S(C)(=O)=O)c2)cc1. The maximum atomic E-state index is 12.4. The largest absolute Gasteiger partial charge is 0.280 e. The number of anilines is 1. The monoisotopic (exact) mass is 403 g/mol. The minimum Gasteiger partial charge on any atom is -0.280 e. The van der Waals surface area contributed by atoms with E-state index in [0.29, 0.717) is 0 Å². The lowest BCUT2D eigenvalue weighted by Crippen LogP contribution is -2.14. The third-order valence-corrected chi connectivity index (χ3v) is 6.90. The van der Waals surface area contributed by atoms with Crippen LogP contribution in [-0.2, 0) is 29.7 Å². The fourth-order valence-corrected chi connectivity index (χ4v) is 4.47. The second-order valence-electron chi connectivity index (χ2n) is 5.66. The van der Waals surface area contributed by atoms with Gasteiger partial charge in [-0.2, -0.15) is 0 Å². The number of rotatable bonds is 5. The van der Waals surface area contributed by atoms with Gasteiger partial charge >= 0.3 is 0 Å². The number of nitrogens with one attached hydrogen (secondary N) is 1. The van der Waals surface area contributed by atoms with Gasteiger partial charge in [0.25, 0.3) is 10.0 Å². The molecule has 0 heterocycles. The first-order chi connectivity index (χ1) is 11.3. The van der Waals surface area contributed by atoms with Crippen LogP contribution in [-0.4, -0.2) is 37.8 Å². The summed E-state index contributed by atoms with van der Waals surface area (Å²) in [4.78, 5) is -0.613. The second-order valence-corrected chi connectivity index (χ2v) is 11.4. The van der Waals surface area contributed by atoms with E-state index in [1.165, 1.54) is 12.1 Å². The van der Waals surface area contributed by atoms with Crippen molar-refractivity contribution in [3.63, 3.8) is 0 Å². The molecule has 2 rings (SSSR count). The highest BCUT2D eigenvalue weighted by Crippen LogP contribution is 2.24. The van der Waals surface area contributed by atoms with E-state index in [1.807, 2.05) is 0 Å². The third kappa shape index (κ3) is 4.80. The molecule has 25 heavy (non-hydrogen) atoms. The number of aryl methyl sites for hydroxylation is 1. The van der Waals surface area contributed by atoms with Crippen LogP contribution in [0.15, 0.2) is 57.2 Å². The minimum absolute atomic E-state index is 0.0243. The molecule has 0 aliphatic carbocycles. The van der Waals surface area contributed by atoms with Gasteiger partial charge in [0.2, 0.25) is 0 Å². The Bertz CT molecular complexity index is 1070. The highest BCUT2D eigenvalue weighted by Gasteiger charge is 2.19. The van der Waals surface area contributed by atoms with Crippen LogP contribution in [0.4, 0.5) is 5.69 Å². The van der Waals surface area contributed by atoms with Gasteiger partial charge < -0.3 is 0 Å². The Labute approximate surface area is 147 Å². The van der Waals surface area contributed by atoms with Crippen molar-refractivity contribution in [1.29, 1.82) is 0 Å². The van der Waals surface area contributed by atoms with E-state index < -0.39 is 29.7 Å². The molecule has 0 aliphatic rings. The van der Waals surface area contributed by atoms with Crippen LogP contribution in [0.25, 0.3) is 0 Å². The summed E-state index contributed by atoms with van der Waals surface area (Å²) in [5.41, 5.74) is 0.723. The number of hydrogen-bond donors (Lipinski definition) is 1. The Morgan fingerprint density at radius 2 is 1.12 bits per heavy atom. The van der Waals surface area contributed by atoms with E-state index in [4.69, 9.17) is 0 Å². The smallest absolute Gasteiger partial charge is 0.261 e.